The fraction of sp³-hybridized carbons (Fsp3) is 0.200. The Hall–Kier alpha value is -1.54. The average molecular weight is 268 g/mol. The average Bonchev–Trinajstić information content (AvgIpc) is 2.26. The Morgan fingerprint density at radius 2 is 2.33 bits per heavy atom. The van der Waals surface area contributed by atoms with E-state index in [9.17, 15) is 4.79 Å². The summed E-state index contributed by atoms with van der Waals surface area (Å²) >= 11 is 3.27. The fourth-order valence-corrected chi connectivity index (χ4v) is 1.45. The number of nitriles is 1. The van der Waals surface area contributed by atoms with Crippen LogP contribution in [0.4, 0.5) is 5.69 Å². The number of anilines is 1. The van der Waals surface area contributed by atoms with Gasteiger partial charge in [-0.2, -0.15) is 5.26 Å². The van der Waals surface area contributed by atoms with E-state index in [0.717, 1.165) is 5.69 Å². The molecule has 0 saturated heterocycles. The summed E-state index contributed by atoms with van der Waals surface area (Å²) in [5.74, 6) is -0.0875. The molecule has 0 aliphatic carbocycles. The number of nitrogens with one attached hydrogen (secondary N) is 2. The lowest BCUT2D eigenvalue weighted by atomic mass is 10.2. The number of hydrogen-bond acceptors (Lipinski definition) is 3. The third kappa shape index (κ3) is 3.26. The first-order valence-corrected chi connectivity index (χ1v) is 5.10. The number of halogens is 1. The van der Waals surface area contributed by atoms with Crippen molar-refractivity contribution in [3.63, 3.8) is 0 Å². The van der Waals surface area contributed by atoms with Gasteiger partial charge in [0.15, 0.2) is 0 Å². The van der Waals surface area contributed by atoms with E-state index in [4.69, 9.17) is 5.26 Å². The van der Waals surface area contributed by atoms with Gasteiger partial charge in [-0.25, -0.2) is 0 Å². The van der Waals surface area contributed by atoms with Crippen LogP contribution < -0.4 is 10.6 Å². The fourth-order valence-electron chi connectivity index (χ4n) is 0.986. The SMILES string of the molecule is CNC(=O)CNc1ccc(C#N)c(Br)c1. The van der Waals surface area contributed by atoms with E-state index in [2.05, 4.69) is 26.6 Å². The summed E-state index contributed by atoms with van der Waals surface area (Å²) in [5.41, 5.74) is 1.37. The lowest BCUT2D eigenvalue weighted by Crippen LogP contribution is -2.26. The summed E-state index contributed by atoms with van der Waals surface area (Å²) in [6.45, 7) is 0.217. The van der Waals surface area contributed by atoms with E-state index >= 15 is 0 Å². The largest absolute Gasteiger partial charge is 0.376 e. The van der Waals surface area contributed by atoms with E-state index in [1.165, 1.54) is 0 Å². The van der Waals surface area contributed by atoms with Crippen molar-refractivity contribution < 1.29 is 4.79 Å². The highest BCUT2D eigenvalue weighted by molar-refractivity contribution is 9.10. The van der Waals surface area contributed by atoms with Gasteiger partial charge in [0.25, 0.3) is 0 Å². The normalized spacial score (nSPS) is 9.13. The molecule has 0 heterocycles. The van der Waals surface area contributed by atoms with Crippen LogP contribution in [0.1, 0.15) is 5.56 Å². The zero-order valence-electron chi connectivity index (χ0n) is 8.17. The predicted octanol–water partition coefficient (Wildman–Crippen LogP) is 1.48. The Bertz CT molecular complexity index is 412. The van der Waals surface area contributed by atoms with Gasteiger partial charge in [0.05, 0.1) is 12.1 Å². The summed E-state index contributed by atoms with van der Waals surface area (Å²) in [4.78, 5) is 11.0. The van der Waals surface area contributed by atoms with E-state index in [1.807, 2.05) is 6.07 Å². The Labute approximate surface area is 96.4 Å². The number of amides is 1. The molecule has 1 rings (SSSR count). The van der Waals surface area contributed by atoms with Crippen molar-refractivity contribution in [2.45, 2.75) is 0 Å². The highest BCUT2D eigenvalue weighted by atomic mass is 79.9. The first-order chi connectivity index (χ1) is 7.17. The Kier molecular flexibility index (Phi) is 4.13. The molecule has 78 valence electrons. The molecule has 1 amide bonds. The predicted molar refractivity (Wildman–Crippen MR) is 61.4 cm³/mol. The minimum absolute atomic E-state index is 0.0875. The number of nitrogens with zero attached hydrogens (tertiary/aromatic N) is 1. The number of likely N-dealkylation sites (N-methyl/N-ethyl adjacent to an activating group) is 1. The van der Waals surface area contributed by atoms with Gasteiger partial charge in [-0.1, -0.05) is 0 Å². The number of benzene rings is 1. The standard InChI is InChI=1S/C10H10BrN3O/c1-13-10(15)6-14-8-3-2-7(5-12)9(11)4-8/h2-4,14H,6H2,1H3,(H,13,15). The molecule has 0 radical (unpaired) electrons. The van der Waals surface area contributed by atoms with E-state index in [1.54, 1.807) is 25.2 Å². The highest BCUT2D eigenvalue weighted by Gasteiger charge is 2.01. The van der Waals surface area contributed by atoms with Crippen LogP contribution in [0.25, 0.3) is 0 Å². The number of carbonyl (C=O) groups is 1. The quantitative estimate of drug-likeness (QED) is 0.872. The number of hydrogen-bond donors (Lipinski definition) is 2. The van der Waals surface area contributed by atoms with Crippen LogP contribution in [0, 0.1) is 11.3 Å². The van der Waals surface area contributed by atoms with Crippen LogP contribution in [-0.2, 0) is 4.79 Å². The van der Waals surface area contributed by atoms with Crippen LogP contribution in [0.3, 0.4) is 0 Å². The molecule has 0 spiro atoms. The van der Waals surface area contributed by atoms with Gasteiger partial charge >= 0.3 is 0 Å². The van der Waals surface area contributed by atoms with Gasteiger partial charge < -0.3 is 10.6 Å². The van der Waals surface area contributed by atoms with Crippen molar-refractivity contribution in [3.05, 3.63) is 28.2 Å². The highest BCUT2D eigenvalue weighted by Crippen LogP contribution is 2.20. The monoisotopic (exact) mass is 267 g/mol. The zero-order valence-corrected chi connectivity index (χ0v) is 9.76. The second-order valence-corrected chi connectivity index (χ2v) is 3.69. The summed E-state index contributed by atoms with van der Waals surface area (Å²) in [5, 5.41) is 14.1. The van der Waals surface area contributed by atoms with Gasteiger partial charge in [-0.15, -0.1) is 0 Å². The molecule has 2 N–H and O–H groups in total. The minimum Gasteiger partial charge on any atom is -0.376 e. The molecule has 15 heavy (non-hydrogen) atoms. The molecule has 0 bridgehead atoms. The Morgan fingerprint density at radius 3 is 2.87 bits per heavy atom. The summed E-state index contributed by atoms with van der Waals surface area (Å²) in [6.07, 6.45) is 0. The van der Waals surface area contributed by atoms with Crippen molar-refractivity contribution in [1.82, 2.24) is 5.32 Å². The lowest BCUT2D eigenvalue weighted by Gasteiger charge is -2.06. The lowest BCUT2D eigenvalue weighted by molar-refractivity contribution is -0.118. The van der Waals surface area contributed by atoms with Crippen LogP contribution in [0.5, 0.6) is 0 Å². The second kappa shape index (κ2) is 5.37. The molecule has 0 atom stereocenters. The van der Waals surface area contributed by atoms with Crippen molar-refractivity contribution in [1.29, 1.82) is 5.26 Å². The minimum atomic E-state index is -0.0875. The smallest absolute Gasteiger partial charge is 0.239 e. The number of carbonyl (C=O) groups excluding carboxylic acids is 1. The maximum Gasteiger partial charge on any atom is 0.239 e. The molecule has 0 fully saturated rings. The molecular formula is C10H10BrN3O. The molecule has 0 aromatic heterocycles. The van der Waals surface area contributed by atoms with Crippen molar-refractivity contribution in [2.75, 3.05) is 18.9 Å². The molecule has 0 unspecified atom stereocenters. The van der Waals surface area contributed by atoms with Gasteiger partial charge in [0.2, 0.25) is 5.91 Å². The van der Waals surface area contributed by atoms with Crippen molar-refractivity contribution in [3.8, 4) is 6.07 Å². The first kappa shape index (κ1) is 11.5. The molecular weight excluding hydrogens is 258 g/mol. The van der Waals surface area contributed by atoms with Gasteiger partial charge in [0.1, 0.15) is 6.07 Å². The number of rotatable bonds is 3. The molecule has 5 heteroatoms. The molecule has 1 aromatic rings. The van der Waals surface area contributed by atoms with Crippen molar-refractivity contribution >= 4 is 27.5 Å². The van der Waals surface area contributed by atoms with E-state index < -0.39 is 0 Å². The third-order valence-electron chi connectivity index (χ3n) is 1.82. The Morgan fingerprint density at radius 1 is 1.60 bits per heavy atom. The zero-order chi connectivity index (χ0) is 11.3. The first-order valence-electron chi connectivity index (χ1n) is 4.31. The summed E-state index contributed by atoms with van der Waals surface area (Å²) in [6, 6.07) is 7.26. The molecule has 4 nitrogen and oxygen atoms in total. The molecule has 0 saturated carbocycles. The van der Waals surface area contributed by atoms with Crippen molar-refractivity contribution in [2.24, 2.45) is 0 Å². The third-order valence-corrected chi connectivity index (χ3v) is 2.48. The van der Waals surface area contributed by atoms with Gasteiger partial charge in [-0.3, -0.25) is 4.79 Å². The molecule has 0 aliphatic rings. The van der Waals surface area contributed by atoms with Gasteiger partial charge in [0, 0.05) is 17.2 Å². The van der Waals surface area contributed by atoms with Crippen LogP contribution in [0.15, 0.2) is 22.7 Å². The second-order valence-electron chi connectivity index (χ2n) is 2.83. The Balaban J connectivity index is 2.68. The van der Waals surface area contributed by atoms with Crippen LogP contribution in [-0.4, -0.2) is 19.5 Å². The summed E-state index contributed by atoms with van der Waals surface area (Å²) < 4.78 is 0.715. The maximum atomic E-state index is 11.0. The molecule has 0 aliphatic heterocycles. The van der Waals surface area contributed by atoms with E-state index in [-0.39, 0.29) is 12.5 Å². The van der Waals surface area contributed by atoms with Crippen LogP contribution in [0.2, 0.25) is 0 Å². The topological polar surface area (TPSA) is 64.9 Å². The van der Waals surface area contributed by atoms with Gasteiger partial charge in [-0.05, 0) is 34.1 Å². The summed E-state index contributed by atoms with van der Waals surface area (Å²) in [7, 11) is 1.58. The van der Waals surface area contributed by atoms with Crippen LogP contribution >= 0.6 is 15.9 Å². The maximum absolute atomic E-state index is 11.0. The molecule has 1 aromatic carbocycles. The van der Waals surface area contributed by atoms with E-state index in [0.29, 0.717) is 10.0 Å².